The molecule has 0 fully saturated rings. The minimum atomic E-state index is -0.0964. The zero-order valence-corrected chi connectivity index (χ0v) is 15.0. The number of nitrogens with one attached hydrogen (secondary N) is 1. The van der Waals surface area contributed by atoms with E-state index in [0.717, 1.165) is 46.1 Å². The molecule has 4 rings (SSSR count). The third-order valence-electron chi connectivity index (χ3n) is 4.52. The molecule has 132 valence electrons. The Balaban J connectivity index is 1.60. The number of aryl methyl sites for hydroxylation is 2. The van der Waals surface area contributed by atoms with Gasteiger partial charge in [-0.2, -0.15) is 0 Å². The van der Waals surface area contributed by atoms with Crippen LogP contribution in [0.15, 0.2) is 53.1 Å². The van der Waals surface area contributed by atoms with Gasteiger partial charge in [-0.1, -0.05) is 31.2 Å². The number of carbonyl (C=O) groups is 1. The maximum Gasteiger partial charge on any atom is 0.231 e. The van der Waals surface area contributed by atoms with Crippen LogP contribution in [0.5, 0.6) is 0 Å². The van der Waals surface area contributed by atoms with Gasteiger partial charge in [0.2, 0.25) is 11.9 Å². The van der Waals surface area contributed by atoms with Crippen LogP contribution in [0.4, 0.5) is 5.95 Å². The fourth-order valence-electron chi connectivity index (χ4n) is 3.29. The first-order valence-electron chi connectivity index (χ1n) is 8.87. The van der Waals surface area contributed by atoms with Crippen LogP contribution in [-0.2, 0) is 17.8 Å². The van der Waals surface area contributed by atoms with E-state index in [-0.39, 0.29) is 12.3 Å². The number of carbonyl (C=O) groups excluding carboxylic acids is 1. The molecular weight excluding hydrogens is 326 g/mol. The fraction of sp³-hybridized carbons (Fsp3) is 0.238. The molecule has 2 aromatic heterocycles. The highest BCUT2D eigenvalue weighted by Gasteiger charge is 2.15. The fourth-order valence-corrected chi connectivity index (χ4v) is 3.29. The van der Waals surface area contributed by atoms with E-state index < -0.39 is 0 Å². The number of furan rings is 1. The molecule has 0 saturated heterocycles. The number of anilines is 1. The number of rotatable bonds is 5. The molecule has 0 aliphatic rings. The number of nitrogens with zero attached hydrogens (tertiary/aromatic N) is 2. The lowest BCUT2D eigenvalue weighted by molar-refractivity contribution is -0.115. The van der Waals surface area contributed by atoms with Crippen LogP contribution in [0.1, 0.15) is 24.5 Å². The van der Waals surface area contributed by atoms with Gasteiger partial charge < -0.3 is 8.98 Å². The van der Waals surface area contributed by atoms with Crippen LogP contribution in [0.3, 0.4) is 0 Å². The summed E-state index contributed by atoms with van der Waals surface area (Å²) in [6, 6.07) is 13.9. The van der Waals surface area contributed by atoms with Crippen LogP contribution in [0, 0.1) is 6.92 Å². The Bertz CT molecular complexity index is 1090. The molecule has 0 aliphatic heterocycles. The minimum Gasteiger partial charge on any atom is -0.464 e. The van der Waals surface area contributed by atoms with Crippen molar-refractivity contribution in [2.75, 3.05) is 5.32 Å². The Labute approximate surface area is 151 Å². The molecule has 5 heteroatoms. The second-order valence-corrected chi connectivity index (χ2v) is 6.56. The molecule has 0 atom stereocenters. The molecule has 0 bridgehead atoms. The van der Waals surface area contributed by atoms with Crippen molar-refractivity contribution in [1.29, 1.82) is 0 Å². The SMILES string of the molecule is CCCn1c(NC(=O)Cc2coc3cc(C)ccc23)nc2ccccc21. The summed E-state index contributed by atoms with van der Waals surface area (Å²) in [4.78, 5) is 17.2. The van der Waals surface area contributed by atoms with Crippen molar-refractivity contribution in [2.24, 2.45) is 0 Å². The Morgan fingerprint density at radius 2 is 2.08 bits per heavy atom. The number of fused-ring (bicyclic) bond motifs is 2. The first kappa shape index (κ1) is 16.4. The molecule has 2 heterocycles. The molecule has 0 radical (unpaired) electrons. The van der Waals surface area contributed by atoms with Crippen LogP contribution in [-0.4, -0.2) is 15.5 Å². The maximum absolute atomic E-state index is 12.6. The second kappa shape index (κ2) is 6.67. The van der Waals surface area contributed by atoms with Gasteiger partial charge in [-0.3, -0.25) is 10.1 Å². The standard InChI is InChI=1S/C21H21N3O2/c1-3-10-24-18-7-5-4-6-17(18)22-21(24)23-20(25)12-15-13-26-19-11-14(2)8-9-16(15)19/h4-9,11,13H,3,10,12H2,1-2H3,(H,22,23,25). The van der Waals surface area contributed by atoms with Crippen molar-refractivity contribution >= 4 is 33.9 Å². The van der Waals surface area contributed by atoms with Crippen molar-refractivity contribution < 1.29 is 9.21 Å². The highest BCUT2D eigenvalue weighted by molar-refractivity contribution is 5.95. The predicted molar refractivity (Wildman–Crippen MR) is 103 cm³/mol. The van der Waals surface area contributed by atoms with Crippen LogP contribution >= 0.6 is 0 Å². The Hall–Kier alpha value is -3.08. The number of imidazole rings is 1. The highest BCUT2D eigenvalue weighted by atomic mass is 16.3. The lowest BCUT2D eigenvalue weighted by atomic mass is 10.1. The number of hydrogen-bond donors (Lipinski definition) is 1. The van der Waals surface area contributed by atoms with Gasteiger partial charge in [0, 0.05) is 17.5 Å². The van der Waals surface area contributed by atoms with Gasteiger partial charge in [0.15, 0.2) is 0 Å². The number of benzene rings is 2. The molecular formula is C21H21N3O2. The molecule has 1 N–H and O–H groups in total. The quantitative estimate of drug-likeness (QED) is 0.570. The van der Waals surface area contributed by atoms with E-state index in [1.165, 1.54) is 0 Å². The lowest BCUT2D eigenvalue weighted by Gasteiger charge is -2.08. The van der Waals surface area contributed by atoms with Gasteiger partial charge in [-0.15, -0.1) is 0 Å². The molecule has 0 saturated carbocycles. The molecule has 2 aromatic carbocycles. The van der Waals surface area contributed by atoms with Crippen LogP contribution < -0.4 is 5.32 Å². The molecule has 0 aliphatic carbocycles. The van der Waals surface area contributed by atoms with Crippen molar-refractivity contribution in [3.8, 4) is 0 Å². The second-order valence-electron chi connectivity index (χ2n) is 6.56. The third kappa shape index (κ3) is 2.96. The summed E-state index contributed by atoms with van der Waals surface area (Å²) in [6.07, 6.45) is 2.89. The van der Waals surface area contributed by atoms with Crippen molar-refractivity contribution in [3.05, 3.63) is 59.9 Å². The maximum atomic E-state index is 12.6. The van der Waals surface area contributed by atoms with Gasteiger partial charge in [-0.05, 0) is 37.1 Å². The minimum absolute atomic E-state index is 0.0964. The molecule has 4 aromatic rings. The van der Waals surface area contributed by atoms with Gasteiger partial charge in [0.1, 0.15) is 5.58 Å². The topological polar surface area (TPSA) is 60.1 Å². The summed E-state index contributed by atoms with van der Waals surface area (Å²) in [5, 5.41) is 3.95. The van der Waals surface area contributed by atoms with Gasteiger partial charge >= 0.3 is 0 Å². The molecule has 5 nitrogen and oxygen atoms in total. The molecule has 0 spiro atoms. The van der Waals surface area contributed by atoms with Gasteiger partial charge in [0.25, 0.3) is 0 Å². The third-order valence-corrected chi connectivity index (χ3v) is 4.52. The number of hydrogen-bond acceptors (Lipinski definition) is 3. The van der Waals surface area contributed by atoms with E-state index >= 15 is 0 Å². The Morgan fingerprint density at radius 1 is 1.23 bits per heavy atom. The predicted octanol–water partition coefficient (Wildman–Crippen LogP) is 4.68. The molecule has 1 amide bonds. The first-order chi connectivity index (χ1) is 12.7. The van der Waals surface area contributed by atoms with Crippen LogP contribution in [0.25, 0.3) is 22.0 Å². The zero-order valence-electron chi connectivity index (χ0n) is 15.0. The summed E-state index contributed by atoms with van der Waals surface area (Å²) in [5.74, 6) is 0.502. The van der Waals surface area contributed by atoms with E-state index in [4.69, 9.17) is 4.42 Å². The highest BCUT2D eigenvalue weighted by Crippen LogP contribution is 2.24. The van der Waals surface area contributed by atoms with Gasteiger partial charge in [-0.25, -0.2) is 4.98 Å². The molecule has 0 unspecified atom stereocenters. The van der Waals surface area contributed by atoms with E-state index in [1.807, 2.05) is 49.4 Å². The average molecular weight is 347 g/mol. The van der Waals surface area contributed by atoms with Crippen molar-refractivity contribution in [1.82, 2.24) is 9.55 Å². The zero-order chi connectivity index (χ0) is 18.1. The smallest absolute Gasteiger partial charge is 0.231 e. The summed E-state index contributed by atoms with van der Waals surface area (Å²) in [5.41, 5.74) is 4.76. The van der Waals surface area contributed by atoms with Crippen LogP contribution in [0.2, 0.25) is 0 Å². The van der Waals surface area contributed by atoms with Crippen molar-refractivity contribution in [3.63, 3.8) is 0 Å². The Kier molecular flexibility index (Phi) is 4.21. The largest absolute Gasteiger partial charge is 0.464 e. The van der Waals surface area contributed by atoms with E-state index in [0.29, 0.717) is 5.95 Å². The molecule has 26 heavy (non-hydrogen) atoms. The van der Waals surface area contributed by atoms with E-state index in [2.05, 4.69) is 21.8 Å². The monoisotopic (exact) mass is 347 g/mol. The van der Waals surface area contributed by atoms with E-state index in [9.17, 15) is 4.79 Å². The normalized spacial score (nSPS) is 11.3. The van der Waals surface area contributed by atoms with Crippen molar-refractivity contribution in [2.45, 2.75) is 33.2 Å². The van der Waals surface area contributed by atoms with E-state index in [1.54, 1.807) is 6.26 Å². The average Bonchev–Trinajstić information content (AvgIpc) is 3.17. The first-order valence-corrected chi connectivity index (χ1v) is 8.87. The summed E-state index contributed by atoms with van der Waals surface area (Å²) in [6.45, 7) is 4.94. The number of amides is 1. The van der Waals surface area contributed by atoms with Gasteiger partial charge in [0.05, 0.1) is 23.7 Å². The summed E-state index contributed by atoms with van der Waals surface area (Å²) >= 11 is 0. The lowest BCUT2D eigenvalue weighted by Crippen LogP contribution is -2.17. The number of aromatic nitrogens is 2. The summed E-state index contributed by atoms with van der Waals surface area (Å²) in [7, 11) is 0. The number of para-hydroxylation sites is 2. The Morgan fingerprint density at radius 3 is 2.92 bits per heavy atom. The summed E-state index contributed by atoms with van der Waals surface area (Å²) < 4.78 is 7.65.